The molecule has 108 valence electrons. The summed E-state index contributed by atoms with van der Waals surface area (Å²) >= 11 is 0. The van der Waals surface area contributed by atoms with Gasteiger partial charge in [-0.15, -0.1) is 0 Å². The summed E-state index contributed by atoms with van der Waals surface area (Å²) in [7, 11) is 0. The molecular weight excluding hydrogens is 254 g/mol. The molecule has 0 aromatic heterocycles. The Bertz CT molecular complexity index is 483. The zero-order valence-electron chi connectivity index (χ0n) is 12.1. The molecule has 0 aliphatic heterocycles. The van der Waals surface area contributed by atoms with E-state index in [0.717, 1.165) is 11.1 Å². The van der Waals surface area contributed by atoms with Gasteiger partial charge in [-0.2, -0.15) is 0 Å². The summed E-state index contributed by atoms with van der Waals surface area (Å²) in [6.07, 6.45) is -0.407. The Balaban J connectivity index is 2.55. The molecule has 0 saturated heterocycles. The predicted molar refractivity (Wildman–Crippen MR) is 78.1 cm³/mol. The van der Waals surface area contributed by atoms with Crippen molar-refractivity contribution in [2.24, 2.45) is 5.92 Å². The van der Waals surface area contributed by atoms with Crippen LogP contribution in [0.2, 0.25) is 0 Å². The highest BCUT2D eigenvalue weighted by atomic mass is 16.5. The van der Waals surface area contributed by atoms with Crippen molar-refractivity contribution in [3.05, 3.63) is 35.4 Å². The van der Waals surface area contributed by atoms with E-state index in [1.165, 1.54) is 0 Å². The maximum absolute atomic E-state index is 11.6. The van der Waals surface area contributed by atoms with E-state index in [2.05, 4.69) is 17.2 Å². The second-order valence-electron chi connectivity index (χ2n) is 4.94. The number of carbonyl (C=O) groups is 1. The third-order valence-electron chi connectivity index (χ3n) is 2.60. The lowest BCUT2D eigenvalue weighted by Gasteiger charge is -2.15. The molecule has 0 heterocycles. The molecule has 4 heteroatoms. The van der Waals surface area contributed by atoms with E-state index < -0.39 is 6.09 Å². The van der Waals surface area contributed by atoms with Crippen LogP contribution in [0, 0.1) is 17.8 Å². The molecule has 1 unspecified atom stereocenters. The molecule has 0 fully saturated rings. The lowest BCUT2D eigenvalue weighted by Crippen LogP contribution is -2.28. The second-order valence-corrected chi connectivity index (χ2v) is 4.94. The van der Waals surface area contributed by atoms with Gasteiger partial charge in [0.25, 0.3) is 0 Å². The van der Waals surface area contributed by atoms with Crippen molar-refractivity contribution in [3.8, 4) is 11.8 Å². The lowest BCUT2D eigenvalue weighted by atomic mass is 10.1. The normalized spacial score (nSPS) is 11.4. The zero-order chi connectivity index (χ0) is 15.0. The van der Waals surface area contributed by atoms with Crippen LogP contribution in [0.1, 0.15) is 37.9 Å². The van der Waals surface area contributed by atoms with E-state index in [9.17, 15) is 4.79 Å². The molecule has 0 aliphatic carbocycles. The average molecular weight is 275 g/mol. The highest BCUT2D eigenvalue weighted by Crippen LogP contribution is 2.13. The summed E-state index contributed by atoms with van der Waals surface area (Å²) < 4.78 is 5.07. The molecule has 4 nitrogen and oxygen atoms in total. The van der Waals surface area contributed by atoms with Gasteiger partial charge in [-0.25, -0.2) is 4.79 Å². The van der Waals surface area contributed by atoms with Crippen LogP contribution in [-0.2, 0) is 4.74 Å². The smallest absolute Gasteiger partial charge is 0.407 e. The van der Waals surface area contributed by atoms with Crippen LogP contribution in [0.5, 0.6) is 0 Å². The Morgan fingerprint density at radius 1 is 1.30 bits per heavy atom. The molecule has 0 bridgehead atoms. The first-order valence-corrected chi connectivity index (χ1v) is 6.66. The number of carbonyl (C=O) groups excluding carboxylic acids is 1. The number of alkyl carbamates (subject to hydrolysis) is 1. The minimum atomic E-state index is -0.407. The fourth-order valence-corrected chi connectivity index (χ4v) is 1.54. The van der Waals surface area contributed by atoms with E-state index >= 15 is 0 Å². The molecule has 20 heavy (non-hydrogen) atoms. The Labute approximate surface area is 120 Å². The maximum atomic E-state index is 11.6. The van der Waals surface area contributed by atoms with Crippen molar-refractivity contribution >= 4 is 6.09 Å². The number of aliphatic hydroxyl groups is 1. The topological polar surface area (TPSA) is 58.6 Å². The van der Waals surface area contributed by atoms with Crippen LogP contribution in [0.15, 0.2) is 24.3 Å². The van der Waals surface area contributed by atoms with Gasteiger partial charge in [0.15, 0.2) is 0 Å². The summed E-state index contributed by atoms with van der Waals surface area (Å²) in [5.41, 5.74) is 1.80. The van der Waals surface area contributed by atoms with Gasteiger partial charge in [0.1, 0.15) is 6.61 Å². The van der Waals surface area contributed by atoms with E-state index in [1.807, 2.05) is 45.0 Å². The van der Waals surface area contributed by atoms with Crippen LogP contribution < -0.4 is 5.32 Å². The van der Waals surface area contributed by atoms with Crippen molar-refractivity contribution in [2.75, 3.05) is 13.2 Å². The molecule has 0 saturated carbocycles. The standard InChI is InChI=1S/C16H21NO3/c1-12(2)11-20-16(19)17-13(3)15-8-6-14(7-9-15)5-4-10-18/h6-9,12-13,18H,10-11H2,1-3H3,(H,17,19). The van der Waals surface area contributed by atoms with E-state index in [-0.39, 0.29) is 12.6 Å². The molecule has 0 aliphatic rings. The first-order chi connectivity index (χ1) is 9.52. The molecule has 0 radical (unpaired) electrons. The SMILES string of the molecule is CC(C)COC(=O)NC(C)c1ccc(C#CCO)cc1. The molecule has 2 N–H and O–H groups in total. The highest BCUT2D eigenvalue weighted by molar-refractivity contribution is 5.67. The van der Waals surface area contributed by atoms with E-state index in [4.69, 9.17) is 9.84 Å². The molecular formula is C16H21NO3. The van der Waals surface area contributed by atoms with E-state index in [1.54, 1.807) is 0 Å². The summed E-state index contributed by atoms with van der Waals surface area (Å²) in [5, 5.41) is 11.4. The fourth-order valence-electron chi connectivity index (χ4n) is 1.54. The number of nitrogens with one attached hydrogen (secondary N) is 1. The summed E-state index contributed by atoms with van der Waals surface area (Å²) in [4.78, 5) is 11.6. The summed E-state index contributed by atoms with van der Waals surface area (Å²) in [5.74, 6) is 5.73. The number of hydrogen-bond acceptors (Lipinski definition) is 3. The predicted octanol–water partition coefficient (Wildman–Crippen LogP) is 2.47. The van der Waals surface area contributed by atoms with Gasteiger partial charge < -0.3 is 15.2 Å². The number of hydrogen-bond donors (Lipinski definition) is 2. The van der Waals surface area contributed by atoms with Crippen molar-refractivity contribution in [1.82, 2.24) is 5.32 Å². The highest BCUT2D eigenvalue weighted by Gasteiger charge is 2.10. The number of benzene rings is 1. The van der Waals surface area contributed by atoms with Crippen molar-refractivity contribution in [1.29, 1.82) is 0 Å². The van der Waals surface area contributed by atoms with Crippen molar-refractivity contribution in [2.45, 2.75) is 26.8 Å². The molecule has 1 amide bonds. The van der Waals surface area contributed by atoms with Gasteiger partial charge in [0.2, 0.25) is 0 Å². The molecule has 1 aromatic carbocycles. The molecule has 1 aromatic rings. The third kappa shape index (κ3) is 5.77. The molecule has 0 spiro atoms. The van der Waals surface area contributed by atoms with Gasteiger partial charge in [-0.3, -0.25) is 0 Å². The summed E-state index contributed by atoms with van der Waals surface area (Å²) in [6.45, 7) is 6.13. The van der Waals surface area contributed by atoms with Gasteiger partial charge >= 0.3 is 6.09 Å². The summed E-state index contributed by atoms with van der Waals surface area (Å²) in [6, 6.07) is 7.38. The third-order valence-corrected chi connectivity index (χ3v) is 2.60. The molecule has 1 atom stereocenters. The van der Waals surface area contributed by atoms with Gasteiger partial charge in [-0.05, 0) is 30.5 Å². The quantitative estimate of drug-likeness (QED) is 0.830. The Morgan fingerprint density at radius 2 is 1.95 bits per heavy atom. The Hall–Kier alpha value is -1.99. The number of ether oxygens (including phenoxy) is 1. The largest absolute Gasteiger partial charge is 0.449 e. The first kappa shape index (κ1) is 16.1. The van der Waals surface area contributed by atoms with E-state index in [0.29, 0.717) is 12.5 Å². The number of rotatable bonds is 4. The second kappa shape index (κ2) is 8.23. The zero-order valence-corrected chi connectivity index (χ0v) is 12.1. The lowest BCUT2D eigenvalue weighted by molar-refractivity contribution is 0.130. The Kier molecular flexibility index (Phi) is 6.61. The van der Waals surface area contributed by atoms with Crippen molar-refractivity contribution < 1.29 is 14.6 Å². The average Bonchev–Trinajstić information content (AvgIpc) is 2.43. The minimum absolute atomic E-state index is 0.130. The number of aliphatic hydroxyl groups excluding tert-OH is 1. The van der Waals surface area contributed by atoms with Crippen LogP contribution in [-0.4, -0.2) is 24.4 Å². The van der Waals surface area contributed by atoms with Gasteiger partial charge in [-0.1, -0.05) is 37.8 Å². The van der Waals surface area contributed by atoms with Crippen LogP contribution in [0.3, 0.4) is 0 Å². The minimum Gasteiger partial charge on any atom is -0.449 e. The van der Waals surface area contributed by atoms with Crippen molar-refractivity contribution in [3.63, 3.8) is 0 Å². The number of amides is 1. The van der Waals surface area contributed by atoms with Crippen LogP contribution >= 0.6 is 0 Å². The first-order valence-electron chi connectivity index (χ1n) is 6.66. The monoisotopic (exact) mass is 275 g/mol. The maximum Gasteiger partial charge on any atom is 0.407 e. The Morgan fingerprint density at radius 3 is 2.50 bits per heavy atom. The van der Waals surface area contributed by atoms with Crippen LogP contribution in [0.25, 0.3) is 0 Å². The van der Waals surface area contributed by atoms with Gasteiger partial charge in [0, 0.05) is 5.56 Å². The van der Waals surface area contributed by atoms with Crippen LogP contribution in [0.4, 0.5) is 4.79 Å². The molecule has 1 rings (SSSR count). The van der Waals surface area contributed by atoms with Gasteiger partial charge in [0.05, 0.1) is 12.6 Å². The fraction of sp³-hybridized carbons (Fsp3) is 0.438.